The predicted octanol–water partition coefficient (Wildman–Crippen LogP) is 30.8. The summed E-state index contributed by atoms with van der Waals surface area (Å²) in [7, 11) is 0. The molecule has 3 aromatic heterocycles. The van der Waals surface area contributed by atoms with Gasteiger partial charge in [-0.3, -0.25) is 0 Å². The van der Waals surface area contributed by atoms with Gasteiger partial charge < -0.3 is 66.6 Å². The van der Waals surface area contributed by atoms with Crippen LogP contribution in [0.25, 0.3) is 44.5 Å². The van der Waals surface area contributed by atoms with Gasteiger partial charge in [-0.1, -0.05) is 129 Å². The minimum absolute atomic E-state index is 0.00443. The molecule has 14 aromatic rings. The maximum absolute atomic E-state index is 14.5. The van der Waals surface area contributed by atoms with Crippen molar-refractivity contribution in [3.63, 3.8) is 0 Å². The highest BCUT2D eigenvalue weighted by atomic mass is 32.1. The topological polar surface area (TPSA) is 135 Å². The van der Waals surface area contributed by atoms with Gasteiger partial charge in [0.1, 0.15) is 17.6 Å². The quantitative estimate of drug-likeness (QED) is 0.0215. The molecule has 20 rings (SSSR count). The first-order chi connectivity index (χ1) is 64.9. The van der Waals surface area contributed by atoms with E-state index in [9.17, 15) is 17.6 Å². The Kier molecular flexibility index (Phi) is 28.5. The number of para-hydroxylation sites is 2. The second-order valence-electron chi connectivity index (χ2n) is 37.4. The second-order valence-corrected chi connectivity index (χ2v) is 38.5. The van der Waals surface area contributed by atoms with Gasteiger partial charge in [0.05, 0.1) is 23.8 Å². The monoisotopic (exact) mass is 1810 g/mol. The fraction of sp³-hybridized carbons (Fsp3) is 0.313. The summed E-state index contributed by atoms with van der Waals surface area (Å²) in [5, 5.41) is 28.6. The summed E-state index contributed by atoms with van der Waals surface area (Å²) in [6.45, 7) is 33.1. The molecule has 692 valence electrons. The van der Waals surface area contributed by atoms with E-state index in [1.54, 1.807) is 30.3 Å². The standard InChI is InChI=1S/C35H32FN3.C30H35FN4.C25H30FN3O.C25H30FN3S/c1-4-39-34-22-28(38-33-15-8-6-11-24(33)3)17-19-30(34)29-18-16-27(37-32-14-7-5-10-23(32)2)21-31(29)35(39)25-12-9-13-26(36)20-25;1-2-35-28-19-23(33-21-10-5-6-11-21)15-17-25(28)24-16-14-22(32-20-8-3-4-9-20)18-26(24)30(35)27-12-7-13-29(31)34-27;2*1-6-29-22-14-18(28-16(4)5)8-10-20(22)19-9-7-17(27-15(2)3)13-21(19)25(29)23-11-12-24(26)30-23/h5-22,35,37-38H,4H2,1-3H3;7,12-21,30,32-33H,2-6,8-11H2,1H3;2*7-16,25,27-28H,6H2,1-5H3/i36-1;31-1;2*26-1. The summed E-state index contributed by atoms with van der Waals surface area (Å²) in [6, 6.07) is 89.7. The molecule has 2 aliphatic carbocycles. The number of anilines is 14. The molecule has 0 radical (unpaired) electrons. The lowest BCUT2D eigenvalue weighted by Crippen LogP contribution is -2.33. The number of fused-ring (bicyclic) bond motifs is 12. The second kappa shape index (κ2) is 41.2. The van der Waals surface area contributed by atoms with Gasteiger partial charge in [-0.05, 0) is 335 Å². The molecule has 2 saturated carbocycles. The zero-order valence-electron chi connectivity index (χ0n) is 79.6. The number of hydrogen-bond acceptors (Lipinski definition) is 15. The van der Waals surface area contributed by atoms with E-state index >= 15 is 0 Å². The third-order valence-corrected chi connectivity index (χ3v) is 27.3. The number of aromatic nitrogens is 1. The largest absolute Gasteiger partial charge is 0.434 e. The highest BCUT2D eigenvalue weighted by Gasteiger charge is 2.39. The molecule has 0 amide bonds. The molecule has 8 N–H and O–H groups in total. The highest BCUT2D eigenvalue weighted by Crippen LogP contribution is 2.55. The lowest BCUT2D eigenvalue weighted by atomic mass is 9.84. The zero-order chi connectivity index (χ0) is 93.5. The summed E-state index contributed by atoms with van der Waals surface area (Å²) in [5.41, 5.74) is 33.9. The molecule has 4 aliphatic heterocycles. The van der Waals surface area contributed by atoms with Gasteiger partial charge in [-0.2, -0.15) is 13.2 Å². The molecular weight excluding hydrogens is 1680 g/mol. The number of rotatable bonds is 24. The summed E-state index contributed by atoms with van der Waals surface area (Å²) >= 11 is 1.24. The minimum atomic E-state index is -0.555. The maximum Gasteiger partial charge on any atom is 0.278 e. The molecule has 0 bridgehead atoms. The van der Waals surface area contributed by atoms with Crippen LogP contribution in [0.5, 0.6) is 0 Å². The molecule has 11 aromatic carbocycles. The Balaban J connectivity index is 0.000000125. The van der Waals surface area contributed by atoms with Gasteiger partial charge in [-0.15, -0.1) is 11.3 Å². The van der Waals surface area contributed by atoms with Gasteiger partial charge >= 0.3 is 0 Å². The zero-order valence-corrected chi connectivity index (χ0v) is 80.5. The Morgan fingerprint density at radius 3 is 1.16 bits per heavy atom. The molecule has 4 atom stereocenters. The molecule has 2 fully saturated rings. The molecule has 4 unspecified atom stereocenters. The molecular formula is C115H127F4N13OS. The van der Waals surface area contributed by atoms with Crippen LogP contribution in [0.1, 0.15) is 214 Å². The number of furan rings is 1. The fourth-order valence-corrected chi connectivity index (χ4v) is 21.5. The molecule has 6 aliphatic rings. The summed E-state index contributed by atoms with van der Waals surface area (Å²) in [5.74, 6) is -0.0342. The number of halogens is 4. The van der Waals surface area contributed by atoms with Crippen molar-refractivity contribution >= 4 is 91.0 Å². The lowest BCUT2D eigenvalue weighted by molar-refractivity contribution is 0.328. The Morgan fingerprint density at radius 2 is 0.724 bits per heavy atom. The van der Waals surface area contributed by atoms with Crippen molar-refractivity contribution in [2.45, 2.75) is 209 Å². The number of hydrogen-bond donors (Lipinski definition) is 8. The van der Waals surface area contributed by atoms with Crippen molar-refractivity contribution in [1.82, 2.24) is 4.98 Å². The van der Waals surface area contributed by atoms with Crippen molar-refractivity contribution in [2.24, 2.45) is 0 Å². The summed E-state index contributed by atoms with van der Waals surface area (Å²) in [6.07, 6.45) is 10.1. The third kappa shape index (κ3) is 20.4. The van der Waals surface area contributed by atoms with Crippen molar-refractivity contribution in [2.75, 3.05) is 88.3 Å². The Hall–Kier alpha value is -13.1. The molecule has 19 heteroatoms. The Bertz CT molecular complexity index is 6300. The highest BCUT2D eigenvalue weighted by molar-refractivity contribution is 7.10. The molecule has 14 nitrogen and oxygen atoms in total. The van der Waals surface area contributed by atoms with Gasteiger partial charge in [0.25, 0.3) is 6.01 Å². The maximum atomic E-state index is 14.5. The summed E-state index contributed by atoms with van der Waals surface area (Å²) in [4.78, 5) is 14.9. The Labute approximate surface area is 793 Å². The van der Waals surface area contributed by atoms with E-state index in [1.807, 2.05) is 36.4 Å². The van der Waals surface area contributed by atoms with Crippen molar-refractivity contribution in [3.8, 4) is 44.5 Å². The number of thiophene rings is 1. The lowest BCUT2D eigenvalue weighted by Gasteiger charge is -2.40. The summed E-state index contributed by atoms with van der Waals surface area (Å²) < 4.78 is 62.2. The fourth-order valence-electron chi connectivity index (χ4n) is 20.6. The molecule has 134 heavy (non-hydrogen) atoms. The van der Waals surface area contributed by atoms with Gasteiger partial charge in [-0.25, -0.2) is 9.37 Å². The normalized spacial score (nSPS) is 16.2. The van der Waals surface area contributed by atoms with Crippen LogP contribution in [0.3, 0.4) is 0 Å². The van der Waals surface area contributed by atoms with E-state index in [2.05, 4.69) is 340 Å². The molecule has 0 saturated heterocycles. The van der Waals surface area contributed by atoms with Crippen LogP contribution in [0, 0.1) is 36.8 Å². The van der Waals surface area contributed by atoms with Crippen LogP contribution in [-0.2, 0) is 0 Å². The van der Waals surface area contributed by atoms with E-state index < -0.39 is 12.0 Å². The van der Waals surface area contributed by atoms with E-state index in [0.29, 0.717) is 42.0 Å². The van der Waals surface area contributed by atoms with Crippen LogP contribution in [0.4, 0.5) is 97.2 Å². The third-order valence-electron chi connectivity index (χ3n) is 26.4. The average Bonchev–Trinajstić information content (AvgIpc) is 1.42. The van der Waals surface area contributed by atoms with E-state index in [-0.39, 0.29) is 35.1 Å². The first-order valence-electron chi connectivity index (χ1n) is 48.3. The minimum Gasteiger partial charge on any atom is -0.434 e. The van der Waals surface area contributed by atoms with E-state index in [1.165, 1.54) is 159 Å². The SMILES string of the molecule is CCN1c2cc(NC(C)C)ccc2-c2ccc(NC(C)C)cc2C1c1ccc([18F])o1.CCN1c2cc(NC(C)C)ccc2-c2ccc(NC(C)C)cc2C1c1ccc([18F])s1.CCN1c2cc(NC3CCCC3)ccc2-c2ccc(NC3CCCC3)cc2C1c1cccc([18F])n1.CCN1c2cc(Nc3ccccc3C)ccc2-c2ccc(Nc3ccccc3C)cc2C1c1cccc([18F])c1. The van der Waals surface area contributed by atoms with Gasteiger partial charge in [0, 0.05) is 175 Å². The van der Waals surface area contributed by atoms with Gasteiger partial charge in [0.15, 0.2) is 5.13 Å². The van der Waals surface area contributed by atoms with Gasteiger partial charge in [0.2, 0.25) is 5.95 Å². The van der Waals surface area contributed by atoms with Crippen LogP contribution in [0.2, 0.25) is 0 Å². The molecule has 7 heterocycles. The van der Waals surface area contributed by atoms with E-state index in [0.717, 1.165) is 122 Å². The number of nitrogens with one attached hydrogen (secondary N) is 8. The Morgan fingerprint density at radius 1 is 0.351 bits per heavy atom. The van der Waals surface area contributed by atoms with Crippen molar-refractivity contribution in [3.05, 3.63) is 339 Å². The first kappa shape index (κ1) is 92.7. The van der Waals surface area contributed by atoms with Crippen LogP contribution >= 0.6 is 11.3 Å². The van der Waals surface area contributed by atoms with E-state index in [4.69, 9.17) is 4.42 Å². The van der Waals surface area contributed by atoms with Crippen LogP contribution < -0.4 is 62.1 Å². The number of nitrogens with zero attached hydrogens (tertiary/aromatic N) is 5. The number of pyridine rings is 1. The first-order valence-corrected chi connectivity index (χ1v) is 49.1. The number of aryl methyl sites for hydroxylation is 2. The van der Waals surface area contributed by atoms with Crippen molar-refractivity contribution < 1.29 is 22.0 Å². The van der Waals surface area contributed by atoms with Crippen molar-refractivity contribution in [1.29, 1.82) is 0 Å². The average molecular weight is 1810 g/mol. The number of benzene rings is 11. The van der Waals surface area contributed by atoms with Crippen LogP contribution in [-0.4, -0.2) is 67.4 Å². The predicted molar refractivity (Wildman–Crippen MR) is 556 cm³/mol. The smallest absolute Gasteiger partial charge is 0.278 e. The van der Waals surface area contributed by atoms with Crippen LogP contribution in [0.15, 0.2) is 265 Å². The molecule has 0 spiro atoms.